The Balaban J connectivity index is 1.58. The maximum absolute atomic E-state index is 11.8. The Morgan fingerprint density at radius 3 is 2.56 bits per heavy atom. The van der Waals surface area contributed by atoms with E-state index in [2.05, 4.69) is 0 Å². The predicted octanol–water partition coefficient (Wildman–Crippen LogP) is 1.83. The van der Waals surface area contributed by atoms with Crippen molar-refractivity contribution in [2.45, 2.75) is 12.8 Å². The van der Waals surface area contributed by atoms with Crippen molar-refractivity contribution in [2.24, 2.45) is 0 Å². The summed E-state index contributed by atoms with van der Waals surface area (Å²) in [4.78, 5) is 27.9. The van der Waals surface area contributed by atoms with E-state index in [1.54, 1.807) is 18.2 Å². The highest BCUT2D eigenvalue weighted by Gasteiger charge is 2.13. The van der Waals surface area contributed by atoms with E-state index in [0.29, 0.717) is 33.6 Å². The number of rotatable bonds is 7. The van der Waals surface area contributed by atoms with Gasteiger partial charge in [0.05, 0.1) is 20.1 Å². The number of aromatic nitrogens is 1. The van der Waals surface area contributed by atoms with Crippen LogP contribution in [0, 0.1) is 0 Å². The zero-order valence-corrected chi connectivity index (χ0v) is 14.4. The van der Waals surface area contributed by atoms with E-state index < -0.39 is 11.6 Å². The van der Waals surface area contributed by atoms with Gasteiger partial charge in [0.2, 0.25) is 11.8 Å². The second-order valence-electron chi connectivity index (χ2n) is 5.55. The van der Waals surface area contributed by atoms with Gasteiger partial charge >= 0.3 is 11.6 Å². The Kier molecular flexibility index (Phi) is 5.20. The van der Waals surface area contributed by atoms with Crippen molar-refractivity contribution in [2.75, 3.05) is 13.7 Å². The molecule has 0 aliphatic carbocycles. The molecule has 3 rings (SSSR count). The number of methoxy groups -OCH3 is 1. The quantitative estimate of drug-likeness (QED) is 0.474. The lowest BCUT2D eigenvalue weighted by atomic mass is 10.2. The first-order valence-corrected chi connectivity index (χ1v) is 8.03. The van der Waals surface area contributed by atoms with Crippen LogP contribution in [0.15, 0.2) is 45.6 Å². The SMILES string of the molecule is COc1cc2oc(=O)ccc2cc1OCCCC(=O)On1c(O)ccc1O. The van der Waals surface area contributed by atoms with E-state index in [1.807, 2.05) is 0 Å². The summed E-state index contributed by atoms with van der Waals surface area (Å²) in [5, 5.41) is 19.5. The number of ether oxygens (including phenoxy) is 2. The van der Waals surface area contributed by atoms with Gasteiger partial charge in [0.1, 0.15) is 5.58 Å². The first-order chi connectivity index (χ1) is 13.0. The van der Waals surface area contributed by atoms with Gasteiger partial charge in [0.25, 0.3) is 0 Å². The van der Waals surface area contributed by atoms with Gasteiger partial charge < -0.3 is 28.9 Å². The topological polar surface area (TPSA) is 120 Å². The molecule has 9 nitrogen and oxygen atoms in total. The Labute approximate surface area is 152 Å². The molecule has 0 aliphatic rings. The third-order valence-corrected chi connectivity index (χ3v) is 3.68. The summed E-state index contributed by atoms with van der Waals surface area (Å²) in [5.41, 5.74) is -0.0851. The molecule has 0 unspecified atom stereocenters. The molecule has 0 fully saturated rings. The molecule has 2 heterocycles. The minimum atomic E-state index is -0.646. The molecule has 3 aromatic rings. The molecule has 0 saturated heterocycles. The summed E-state index contributed by atoms with van der Waals surface area (Å²) in [6, 6.07) is 8.53. The van der Waals surface area contributed by atoms with E-state index in [1.165, 1.54) is 25.3 Å². The van der Waals surface area contributed by atoms with E-state index in [-0.39, 0.29) is 24.8 Å². The number of carbonyl (C=O) groups excluding carboxylic acids is 1. The Bertz CT molecular complexity index is 1000. The summed E-state index contributed by atoms with van der Waals surface area (Å²) in [7, 11) is 1.46. The van der Waals surface area contributed by atoms with Crippen LogP contribution in [0.2, 0.25) is 0 Å². The third kappa shape index (κ3) is 4.14. The summed E-state index contributed by atoms with van der Waals surface area (Å²) in [6.45, 7) is 0.192. The molecule has 0 amide bonds. The van der Waals surface area contributed by atoms with Crippen molar-refractivity contribution in [1.29, 1.82) is 0 Å². The lowest BCUT2D eigenvalue weighted by Crippen LogP contribution is -2.19. The number of aromatic hydroxyl groups is 2. The summed E-state index contributed by atoms with van der Waals surface area (Å²) >= 11 is 0. The van der Waals surface area contributed by atoms with Crippen molar-refractivity contribution in [3.8, 4) is 23.3 Å². The highest BCUT2D eigenvalue weighted by atomic mass is 16.7. The largest absolute Gasteiger partial charge is 0.493 e. The Morgan fingerprint density at radius 2 is 1.85 bits per heavy atom. The van der Waals surface area contributed by atoms with Crippen LogP contribution in [0.25, 0.3) is 11.0 Å². The Morgan fingerprint density at radius 1 is 1.11 bits per heavy atom. The first-order valence-electron chi connectivity index (χ1n) is 8.03. The zero-order valence-electron chi connectivity index (χ0n) is 14.4. The van der Waals surface area contributed by atoms with E-state index in [0.717, 1.165) is 0 Å². The van der Waals surface area contributed by atoms with Crippen molar-refractivity contribution in [3.05, 3.63) is 46.8 Å². The maximum atomic E-state index is 11.8. The van der Waals surface area contributed by atoms with Gasteiger partial charge in [-0.3, -0.25) is 0 Å². The first kappa shape index (κ1) is 18.2. The minimum absolute atomic E-state index is 0.00182. The average molecular weight is 375 g/mol. The molecule has 0 spiro atoms. The highest BCUT2D eigenvalue weighted by molar-refractivity contribution is 5.80. The van der Waals surface area contributed by atoms with Crippen LogP contribution < -0.4 is 19.9 Å². The van der Waals surface area contributed by atoms with Crippen LogP contribution in [0.1, 0.15) is 12.8 Å². The lowest BCUT2D eigenvalue weighted by Gasteiger charge is -2.11. The Hall–Kier alpha value is -3.62. The second kappa shape index (κ2) is 7.73. The van der Waals surface area contributed by atoms with Crippen LogP contribution in [0.5, 0.6) is 23.3 Å². The van der Waals surface area contributed by atoms with Gasteiger partial charge in [-0.1, -0.05) is 0 Å². The number of nitrogens with zero attached hydrogens (tertiary/aromatic N) is 1. The predicted molar refractivity (Wildman–Crippen MR) is 93.1 cm³/mol. The van der Waals surface area contributed by atoms with Gasteiger partial charge in [-0.05, 0) is 18.6 Å². The average Bonchev–Trinajstić information content (AvgIpc) is 2.96. The minimum Gasteiger partial charge on any atom is -0.493 e. The second-order valence-corrected chi connectivity index (χ2v) is 5.55. The normalized spacial score (nSPS) is 10.7. The molecule has 2 N–H and O–H groups in total. The summed E-state index contributed by atoms with van der Waals surface area (Å²) in [6.07, 6.45) is 0.328. The number of hydrogen-bond acceptors (Lipinski definition) is 8. The molecular weight excluding hydrogens is 358 g/mol. The zero-order chi connectivity index (χ0) is 19.4. The molecule has 1 aromatic carbocycles. The number of fused-ring (bicyclic) bond motifs is 1. The fraction of sp³-hybridized carbons (Fsp3) is 0.222. The fourth-order valence-electron chi connectivity index (χ4n) is 2.39. The number of hydrogen-bond donors (Lipinski definition) is 2. The molecular formula is C18H17NO8. The molecule has 142 valence electrons. The van der Waals surface area contributed by atoms with E-state index in [4.69, 9.17) is 18.7 Å². The van der Waals surface area contributed by atoms with Crippen molar-refractivity contribution in [1.82, 2.24) is 4.73 Å². The molecule has 9 heteroatoms. The molecule has 0 saturated carbocycles. The van der Waals surface area contributed by atoms with Gasteiger partial charge in [-0.2, -0.15) is 0 Å². The van der Waals surface area contributed by atoms with Gasteiger partial charge in [0.15, 0.2) is 11.5 Å². The van der Waals surface area contributed by atoms with Crippen LogP contribution in [-0.4, -0.2) is 34.6 Å². The molecule has 0 radical (unpaired) electrons. The molecule has 0 atom stereocenters. The van der Waals surface area contributed by atoms with Gasteiger partial charge in [-0.25, -0.2) is 9.59 Å². The fourth-order valence-corrected chi connectivity index (χ4v) is 2.39. The van der Waals surface area contributed by atoms with E-state index >= 15 is 0 Å². The smallest absolute Gasteiger partial charge is 0.336 e. The van der Waals surface area contributed by atoms with Crippen LogP contribution in [0.4, 0.5) is 0 Å². The van der Waals surface area contributed by atoms with Crippen molar-refractivity contribution >= 4 is 16.9 Å². The molecule has 0 aliphatic heterocycles. The van der Waals surface area contributed by atoms with Gasteiger partial charge in [0, 0.05) is 29.7 Å². The number of carbonyl (C=O) groups is 1. The standard InChI is InChI=1S/C18H17NO8/c1-24-13-10-12-11(4-7-17(22)26-12)9-14(13)25-8-2-3-18(23)27-19-15(20)5-6-16(19)21/h4-7,9-10,20-21H,2-3,8H2,1H3. The summed E-state index contributed by atoms with van der Waals surface area (Å²) < 4.78 is 16.6. The van der Waals surface area contributed by atoms with Crippen molar-refractivity contribution < 1.29 is 33.7 Å². The van der Waals surface area contributed by atoms with Crippen LogP contribution in [-0.2, 0) is 4.79 Å². The van der Waals surface area contributed by atoms with Crippen LogP contribution in [0.3, 0.4) is 0 Å². The summed E-state index contributed by atoms with van der Waals surface area (Å²) in [5.74, 6) is -0.587. The lowest BCUT2D eigenvalue weighted by molar-refractivity contribution is -0.145. The highest BCUT2D eigenvalue weighted by Crippen LogP contribution is 2.32. The molecule has 27 heavy (non-hydrogen) atoms. The molecule has 0 bridgehead atoms. The van der Waals surface area contributed by atoms with E-state index in [9.17, 15) is 19.8 Å². The number of benzene rings is 1. The van der Waals surface area contributed by atoms with Crippen LogP contribution >= 0.6 is 0 Å². The third-order valence-electron chi connectivity index (χ3n) is 3.68. The van der Waals surface area contributed by atoms with Gasteiger partial charge in [-0.15, -0.1) is 4.73 Å². The maximum Gasteiger partial charge on any atom is 0.336 e. The monoisotopic (exact) mass is 375 g/mol. The van der Waals surface area contributed by atoms with Crippen molar-refractivity contribution in [3.63, 3.8) is 0 Å². The molecule has 2 aromatic heterocycles.